The van der Waals surface area contributed by atoms with E-state index in [1.54, 1.807) is 6.07 Å². The number of ether oxygens (including phenoxy) is 2. The number of hydrogen-bond acceptors (Lipinski definition) is 5. The molecule has 0 atom stereocenters. The minimum absolute atomic E-state index is 0.371. The van der Waals surface area contributed by atoms with E-state index in [2.05, 4.69) is 4.98 Å². The Morgan fingerprint density at radius 1 is 1.00 bits per heavy atom. The molecular formula is C13H15N3O2. The zero-order valence-electron chi connectivity index (χ0n) is 9.87. The molecule has 0 saturated carbocycles. The number of benzene rings is 1. The third kappa shape index (κ3) is 3.28. The molecule has 94 valence electrons. The van der Waals surface area contributed by atoms with Crippen LogP contribution in [0.4, 0.5) is 11.4 Å². The number of pyridine rings is 1. The third-order valence-corrected chi connectivity index (χ3v) is 2.23. The van der Waals surface area contributed by atoms with Gasteiger partial charge >= 0.3 is 0 Å². The first kappa shape index (κ1) is 12.0. The number of anilines is 2. The van der Waals surface area contributed by atoms with Crippen LogP contribution in [0.3, 0.4) is 0 Å². The average Bonchev–Trinajstić information content (AvgIpc) is 2.38. The zero-order valence-corrected chi connectivity index (χ0v) is 9.87. The molecule has 5 nitrogen and oxygen atoms in total. The highest BCUT2D eigenvalue weighted by Crippen LogP contribution is 2.19. The van der Waals surface area contributed by atoms with E-state index in [1.807, 2.05) is 30.3 Å². The Bertz CT molecular complexity index is 503. The van der Waals surface area contributed by atoms with Gasteiger partial charge in [-0.2, -0.15) is 0 Å². The number of para-hydroxylation sites is 1. The molecule has 0 saturated heterocycles. The first-order chi connectivity index (χ1) is 8.75. The first-order valence-corrected chi connectivity index (χ1v) is 5.57. The summed E-state index contributed by atoms with van der Waals surface area (Å²) in [4.78, 5) is 3.99. The number of nitrogen functional groups attached to an aromatic ring is 2. The van der Waals surface area contributed by atoms with E-state index < -0.39 is 0 Å². The second kappa shape index (κ2) is 5.77. The Labute approximate surface area is 105 Å². The van der Waals surface area contributed by atoms with E-state index in [1.165, 1.54) is 6.20 Å². The topological polar surface area (TPSA) is 83.4 Å². The Balaban J connectivity index is 1.79. The molecule has 0 aliphatic heterocycles. The summed E-state index contributed by atoms with van der Waals surface area (Å²) in [6.45, 7) is 0.797. The van der Waals surface area contributed by atoms with Gasteiger partial charge in [0.15, 0.2) is 0 Å². The number of rotatable bonds is 5. The molecule has 0 bridgehead atoms. The van der Waals surface area contributed by atoms with Crippen LogP contribution in [0.5, 0.6) is 11.6 Å². The second-order valence-corrected chi connectivity index (χ2v) is 3.67. The minimum Gasteiger partial charge on any atom is -0.490 e. The second-order valence-electron chi connectivity index (χ2n) is 3.67. The Morgan fingerprint density at radius 2 is 1.72 bits per heavy atom. The SMILES string of the molecule is Nc1cnc(OCCOc2ccccc2)c(N)c1. The van der Waals surface area contributed by atoms with Crippen molar-refractivity contribution in [2.45, 2.75) is 0 Å². The van der Waals surface area contributed by atoms with Gasteiger partial charge in [0.1, 0.15) is 19.0 Å². The van der Waals surface area contributed by atoms with Crippen LogP contribution >= 0.6 is 0 Å². The van der Waals surface area contributed by atoms with Gasteiger partial charge in [0.2, 0.25) is 5.88 Å². The lowest BCUT2D eigenvalue weighted by Gasteiger charge is -2.09. The summed E-state index contributed by atoms with van der Waals surface area (Å²) in [6.07, 6.45) is 1.50. The van der Waals surface area contributed by atoms with E-state index in [9.17, 15) is 0 Å². The van der Waals surface area contributed by atoms with E-state index in [0.29, 0.717) is 30.5 Å². The minimum atomic E-state index is 0.371. The molecule has 0 spiro atoms. The quantitative estimate of drug-likeness (QED) is 0.783. The van der Waals surface area contributed by atoms with Crippen LogP contribution in [-0.2, 0) is 0 Å². The number of hydrogen-bond donors (Lipinski definition) is 2. The van der Waals surface area contributed by atoms with E-state index in [0.717, 1.165) is 5.75 Å². The van der Waals surface area contributed by atoms with E-state index in [-0.39, 0.29) is 0 Å². The highest BCUT2D eigenvalue weighted by Gasteiger charge is 2.02. The smallest absolute Gasteiger partial charge is 0.237 e. The summed E-state index contributed by atoms with van der Waals surface area (Å²) in [6, 6.07) is 11.1. The highest BCUT2D eigenvalue weighted by molar-refractivity contribution is 5.55. The summed E-state index contributed by atoms with van der Waals surface area (Å²) >= 11 is 0. The van der Waals surface area contributed by atoms with Gasteiger partial charge in [-0.1, -0.05) is 18.2 Å². The van der Waals surface area contributed by atoms with E-state index >= 15 is 0 Å². The molecule has 0 amide bonds. The summed E-state index contributed by atoms with van der Waals surface area (Å²) in [7, 11) is 0. The Morgan fingerprint density at radius 3 is 2.44 bits per heavy atom. The molecule has 0 aliphatic carbocycles. The summed E-state index contributed by atoms with van der Waals surface area (Å²) in [5.74, 6) is 1.18. The van der Waals surface area contributed by atoms with Gasteiger partial charge < -0.3 is 20.9 Å². The lowest BCUT2D eigenvalue weighted by atomic mass is 10.3. The maximum atomic E-state index is 5.71. The van der Waals surface area contributed by atoms with Crippen molar-refractivity contribution in [3.05, 3.63) is 42.6 Å². The maximum absolute atomic E-state index is 5.71. The van der Waals surface area contributed by atoms with Crippen LogP contribution in [-0.4, -0.2) is 18.2 Å². The lowest BCUT2D eigenvalue weighted by molar-refractivity contribution is 0.213. The third-order valence-electron chi connectivity index (χ3n) is 2.23. The van der Waals surface area contributed by atoms with Crippen molar-refractivity contribution in [3.63, 3.8) is 0 Å². The van der Waals surface area contributed by atoms with Crippen molar-refractivity contribution in [3.8, 4) is 11.6 Å². The van der Waals surface area contributed by atoms with E-state index in [4.69, 9.17) is 20.9 Å². The molecule has 2 aromatic rings. The molecule has 1 aromatic heterocycles. The zero-order chi connectivity index (χ0) is 12.8. The van der Waals surface area contributed by atoms with Gasteiger partial charge in [-0.15, -0.1) is 0 Å². The van der Waals surface area contributed by atoms with Gasteiger partial charge in [0.05, 0.1) is 17.6 Å². The summed E-state index contributed by atoms with van der Waals surface area (Å²) in [5, 5.41) is 0. The van der Waals surface area contributed by atoms with Crippen molar-refractivity contribution in [2.24, 2.45) is 0 Å². The Kier molecular flexibility index (Phi) is 3.86. The highest BCUT2D eigenvalue weighted by atomic mass is 16.5. The number of nitrogens with zero attached hydrogens (tertiary/aromatic N) is 1. The van der Waals surface area contributed by atoms with Crippen molar-refractivity contribution in [1.82, 2.24) is 4.98 Å². The molecule has 18 heavy (non-hydrogen) atoms. The predicted octanol–water partition coefficient (Wildman–Crippen LogP) is 1.70. The number of nitrogens with two attached hydrogens (primary N) is 2. The average molecular weight is 245 g/mol. The van der Waals surface area contributed by atoms with Crippen molar-refractivity contribution in [1.29, 1.82) is 0 Å². The van der Waals surface area contributed by atoms with Crippen molar-refractivity contribution < 1.29 is 9.47 Å². The molecule has 0 radical (unpaired) electrons. The van der Waals surface area contributed by atoms with Crippen LogP contribution in [0, 0.1) is 0 Å². The normalized spacial score (nSPS) is 10.0. The largest absolute Gasteiger partial charge is 0.490 e. The number of aromatic nitrogens is 1. The standard InChI is InChI=1S/C13H15N3O2/c14-10-8-12(15)13(16-9-10)18-7-6-17-11-4-2-1-3-5-11/h1-5,8-9H,6-7,14-15H2. The fourth-order valence-corrected chi connectivity index (χ4v) is 1.42. The fourth-order valence-electron chi connectivity index (χ4n) is 1.42. The van der Waals surface area contributed by atoms with Gasteiger partial charge in [0, 0.05) is 0 Å². The summed E-state index contributed by atoms with van der Waals surface area (Å²) < 4.78 is 10.9. The monoisotopic (exact) mass is 245 g/mol. The molecule has 0 aliphatic rings. The molecule has 2 rings (SSSR count). The Hall–Kier alpha value is -2.43. The summed E-state index contributed by atoms with van der Waals surface area (Å²) in [5.41, 5.74) is 12.2. The van der Waals surface area contributed by atoms with Crippen molar-refractivity contribution >= 4 is 11.4 Å². The molecule has 1 aromatic carbocycles. The molecule has 0 fully saturated rings. The van der Waals surface area contributed by atoms with Gasteiger partial charge in [-0.05, 0) is 18.2 Å². The van der Waals surface area contributed by atoms with Gasteiger partial charge in [-0.25, -0.2) is 4.98 Å². The molecule has 4 N–H and O–H groups in total. The molecular weight excluding hydrogens is 230 g/mol. The lowest BCUT2D eigenvalue weighted by Crippen LogP contribution is -2.11. The van der Waals surface area contributed by atoms with Crippen molar-refractivity contribution in [2.75, 3.05) is 24.7 Å². The van der Waals surface area contributed by atoms with Crippen LogP contribution < -0.4 is 20.9 Å². The van der Waals surface area contributed by atoms with Crippen LogP contribution in [0.2, 0.25) is 0 Å². The molecule has 5 heteroatoms. The van der Waals surface area contributed by atoms with Crippen LogP contribution in [0.15, 0.2) is 42.6 Å². The fraction of sp³-hybridized carbons (Fsp3) is 0.154. The predicted molar refractivity (Wildman–Crippen MR) is 70.5 cm³/mol. The molecule has 1 heterocycles. The van der Waals surface area contributed by atoms with Gasteiger partial charge in [0.25, 0.3) is 0 Å². The van der Waals surface area contributed by atoms with Crippen LogP contribution in [0.1, 0.15) is 0 Å². The maximum Gasteiger partial charge on any atom is 0.237 e. The first-order valence-electron chi connectivity index (χ1n) is 5.57. The molecule has 0 unspecified atom stereocenters. The van der Waals surface area contributed by atoms with Crippen LogP contribution in [0.25, 0.3) is 0 Å². The van der Waals surface area contributed by atoms with Gasteiger partial charge in [-0.3, -0.25) is 0 Å².